The number of hydrogen-bond donors (Lipinski definition) is 2. The Kier molecular flexibility index (Phi) is 4.35. The van der Waals surface area contributed by atoms with Crippen LogP contribution in [0.1, 0.15) is 0 Å². The van der Waals surface area contributed by atoms with Gasteiger partial charge in [0.1, 0.15) is 0 Å². The molecule has 0 unspecified atom stereocenters. The number of alkyl halides is 5. The summed E-state index contributed by atoms with van der Waals surface area (Å²) < 4.78 is 67.1. The molecule has 2 N–H and O–H groups in total. The Morgan fingerprint density at radius 2 is 1.72 bits per heavy atom. The highest BCUT2D eigenvalue weighted by Gasteiger charge is 2.33. The number of halogens is 5. The van der Waals surface area contributed by atoms with E-state index in [2.05, 4.69) is 9.47 Å². The van der Waals surface area contributed by atoms with Gasteiger partial charge in [-0.05, 0) is 17.6 Å². The first-order chi connectivity index (χ1) is 8.19. The Morgan fingerprint density at radius 3 is 2.17 bits per heavy atom. The Bertz CT molecular complexity index is 409. The topological polar surface area (TPSA) is 58.9 Å². The van der Waals surface area contributed by atoms with E-state index in [4.69, 9.17) is 10.0 Å². The average molecular weight is 272 g/mol. The lowest BCUT2D eigenvalue weighted by Gasteiger charge is -2.14. The van der Waals surface area contributed by atoms with Gasteiger partial charge in [-0.15, -0.1) is 13.2 Å². The van der Waals surface area contributed by atoms with Crippen LogP contribution in [0.4, 0.5) is 22.0 Å². The Morgan fingerprint density at radius 1 is 1.11 bits per heavy atom. The molecule has 0 aromatic heterocycles. The van der Waals surface area contributed by atoms with Crippen molar-refractivity contribution in [1.29, 1.82) is 0 Å². The van der Waals surface area contributed by atoms with Crippen LogP contribution >= 0.6 is 0 Å². The monoisotopic (exact) mass is 272 g/mol. The molecule has 0 aliphatic carbocycles. The zero-order chi connectivity index (χ0) is 13.9. The number of ether oxygens (including phenoxy) is 2. The lowest BCUT2D eigenvalue weighted by molar-refractivity contribution is -0.275. The van der Waals surface area contributed by atoms with Gasteiger partial charge in [0.25, 0.3) is 0 Å². The summed E-state index contributed by atoms with van der Waals surface area (Å²) in [6.45, 7) is -3.34. The number of benzene rings is 1. The summed E-state index contributed by atoms with van der Waals surface area (Å²) in [5, 5.41) is 17.5. The van der Waals surface area contributed by atoms with Gasteiger partial charge in [-0.3, -0.25) is 0 Å². The molecular weight excluding hydrogens is 266 g/mol. The Balaban J connectivity index is 3.09. The second-order valence-corrected chi connectivity index (χ2v) is 3.01. The second kappa shape index (κ2) is 5.40. The van der Waals surface area contributed by atoms with E-state index in [1.807, 2.05) is 0 Å². The van der Waals surface area contributed by atoms with Gasteiger partial charge in [0.2, 0.25) is 0 Å². The molecule has 0 bridgehead atoms. The molecule has 0 spiro atoms. The van der Waals surface area contributed by atoms with Crippen molar-refractivity contribution in [2.45, 2.75) is 13.0 Å². The molecule has 0 saturated carbocycles. The van der Waals surface area contributed by atoms with Gasteiger partial charge in [0, 0.05) is 0 Å². The highest BCUT2D eigenvalue weighted by molar-refractivity contribution is 6.58. The van der Waals surface area contributed by atoms with Crippen LogP contribution in [0.25, 0.3) is 0 Å². The van der Waals surface area contributed by atoms with Gasteiger partial charge in [0.05, 0.1) is 0 Å². The van der Waals surface area contributed by atoms with Gasteiger partial charge in [0.15, 0.2) is 11.5 Å². The van der Waals surface area contributed by atoms with E-state index in [0.29, 0.717) is 12.1 Å². The van der Waals surface area contributed by atoms with E-state index in [9.17, 15) is 22.0 Å². The SMILES string of the molecule is OB(O)c1ccc(OC(F)F)c(OC(F)(F)F)c1. The van der Waals surface area contributed by atoms with Crippen LogP contribution in [0.5, 0.6) is 11.5 Å². The third-order valence-electron chi connectivity index (χ3n) is 1.71. The zero-order valence-electron chi connectivity index (χ0n) is 8.49. The molecular formula is C8H6BF5O4. The van der Waals surface area contributed by atoms with E-state index in [0.717, 1.165) is 6.07 Å². The normalized spacial score (nSPS) is 11.6. The maximum Gasteiger partial charge on any atom is 0.573 e. The van der Waals surface area contributed by atoms with Crippen LogP contribution < -0.4 is 14.9 Å². The van der Waals surface area contributed by atoms with Gasteiger partial charge in [-0.2, -0.15) is 8.78 Å². The molecule has 0 saturated heterocycles. The third kappa shape index (κ3) is 4.38. The van der Waals surface area contributed by atoms with E-state index >= 15 is 0 Å². The first-order valence-electron chi connectivity index (χ1n) is 4.39. The predicted octanol–water partition coefficient (Wildman–Crippen LogP) is 0.866. The molecule has 4 nitrogen and oxygen atoms in total. The van der Waals surface area contributed by atoms with Crippen molar-refractivity contribution in [1.82, 2.24) is 0 Å². The summed E-state index contributed by atoms with van der Waals surface area (Å²) in [4.78, 5) is 0. The lowest BCUT2D eigenvalue weighted by Crippen LogP contribution is -2.30. The zero-order valence-corrected chi connectivity index (χ0v) is 8.49. The summed E-state index contributed by atoms with van der Waals surface area (Å²) in [5.41, 5.74) is -0.365. The van der Waals surface area contributed by atoms with Crippen LogP contribution in [-0.2, 0) is 0 Å². The summed E-state index contributed by atoms with van der Waals surface area (Å²) in [5.74, 6) is -1.96. The highest BCUT2D eigenvalue weighted by Crippen LogP contribution is 2.32. The Hall–Kier alpha value is -1.55. The van der Waals surface area contributed by atoms with E-state index in [1.165, 1.54) is 0 Å². The average Bonchev–Trinajstić information content (AvgIpc) is 2.17. The van der Waals surface area contributed by atoms with Crippen LogP contribution in [0.15, 0.2) is 18.2 Å². The second-order valence-electron chi connectivity index (χ2n) is 3.01. The minimum Gasteiger partial charge on any atom is -0.431 e. The standard InChI is InChI=1S/C8H6BF5O4/c10-7(11)17-5-2-1-4(9(15)16)3-6(5)18-8(12,13)14/h1-3,7,15-16H. The van der Waals surface area contributed by atoms with Gasteiger partial charge < -0.3 is 19.5 Å². The van der Waals surface area contributed by atoms with Gasteiger partial charge >= 0.3 is 20.1 Å². The summed E-state index contributed by atoms with van der Waals surface area (Å²) in [7, 11) is -2.07. The van der Waals surface area contributed by atoms with Gasteiger partial charge in [-0.25, -0.2) is 0 Å². The first-order valence-corrected chi connectivity index (χ1v) is 4.39. The molecule has 1 aromatic rings. The van der Waals surface area contributed by atoms with Crippen molar-refractivity contribution in [2.24, 2.45) is 0 Å². The molecule has 1 aromatic carbocycles. The molecule has 18 heavy (non-hydrogen) atoms. The molecule has 0 amide bonds. The maximum absolute atomic E-state index is 12.0. The molecule has 0 radical (unpaired) electrons. The lowest BCUT2D eigenvalue weighted by atomic mass is 9.80. The molecule has 10 heteroatoms. The van der Waals surface area contributed by atoms with Crippen molar-refractivity contribution >= 4 is 12.6 Å². The summed E-state index contributed by atoms with van der Waals surface area (Å²) in [6.07, 6.45) is -5.13. The van der Waals surface area contributed by atoms with Crippen molar-refractivity contribution in [3.8, 4) is 11.5 Å². The fourth-order valence-electron chi connectivity index (χ4n) is 1.08. The van der Waals surface area contributed by atoms with E-state index in [-0.39, 0.29) is 5.46 Å². The Labute approximate surface area is 97.7 Å². The fourth-order valence-corrected chi connectivity index (χ4v) is 1.08. The molecule has 0 fully saturated rings. The van der Waals surface area contributed by atoms with Crippen LogP contribution in [-0.4, -0.2) is 30.1 Å². The quantitative estimate of drug-likeness (QED) is 0.630. The molecule has 0 aliphatic rings. The van der Waals surface area contributed by atoms with Crippen LogP contribution in [0.2, 0.25) is 0 Å². The van der Waals surface area contributed by atoms with Crippen molar-refractivity contribution in [3.05, 3.63) is 18.2 Å². The largest absolute Gasteiger partial charge is 0.573 e. The molecule has 0 heterocycles. The minimum atomic E-state index is -5.13. The molecule has 100 valence electrons. The predicted molar refractivity (Wildman–Crippen MR) is 49.6 cm³/mol. The van der Waals surface area contributed by atoms with Crippen molar-refractivity contribution in [3.63, 3.8) is 0 Å². The number of rotatable bonds is 4. The molecule has 1 rings (SSSR count). The van der Waals surface area contributed by atoms with Crippen molar-refractivity contribution < 1.29 is 41.5 Å². The minimum absolute atomic E-state index is 0.365. The number of hydrogen-bond acceptors (Lipinski definition) is 4. The third-order valence-corrected chi connectivity index (χ3v) is 1.71. The summed E-state index contributed by atoms with van der Waals surface area (Å²) in [6, 6.07) is 2.16. The van der Waals surface area contributed by atoms with Gasteiger partial charge in [-0.1, -0.05) is 6.07 Å². The maximum atomic E-state index is 12.0. The van der Waals surface area contributed by atoms with Crippen LogP contribution in [0, 0.1) is 0 Å². The first kappa shape index (κ1) is 14.5. The molecule has 0 aliphatic heterocycles. The smallest absolute Gasteiger partial charge is 0.431 e. The highest BCUT2D eigenvalue weighted by atomic mass is 19.4. The van der Waals surface area contributed by atoms with E-state index in [1.54, 1.807) is 0 Å². The summed E-state index contributed by atoms with van der Waals surface area (Å²) >= 11 is 0. The van der Waals surface area contributed by atoms with E-state index < -0.39 is 31.6 Å². The van der Waals surface area contributed by atoms with Crippen molar-refractivity contribution in [2.75, 3.05) is 0 Å². The molecule has 0 atom stereocenters. The van der Waals surface area contributed by atoms with Crippen LogP contribution in [0.3, 0.4) is 0 Å². The fraction of sp³-hybridized carbons (Fsp3) is 0.250.